The molecule has 0 saturated carbocycles. The second kappa shape index (κ2) is 5.64. The van der Waals surface area contributed by atoms with E-state index in [1.54, 1.807) is 18.4 Å². The molecule has 1 atom stereocenters. The first kappa shape index (κ1) is 14.2. The molecule has 0 amide bonds. The number of benzene rings is 1. The molecule has 1 aliphatic heterocycles. The van der Waals surface area contributed by atoms with Gasteiger partial charge in [-0.1, -0.05) is 18.2 Å². The average Bonchev–Trinajstić information content (AvgIpc) is 3.08. The van der Waals surface area contributed by atoms with E-state index in [2.05, 4.69) is 46.2 Å². The lowest BCUT2D eigenvalue weighted by molar-refractivity contribution is -0.0767. The van der Waals surface area contributed by atoms with Gasteiger partial charge in [-0.05, 0) is 46.2 Å². The maximum absolute atomic E-state index is 6.08. The molecule has 0 N–H and O–H groups in total. The van der Waals surface area contributed by atoms with E-state index in [-0.39, 0.29) is 0 Å². The highest BCUT2D eigenvalue weighted by Crippen LogP contribution is 2.44. The van der Waals surface area contributed by atoms with Crippen LogP contribution in [-0.2, 0) is 9.47 Å². The van der Waals surface area contributed by atoms with Gasteiger partial charge in [-0.25, -0.2) is 4.98 Å². The van der Waals surface area contributed by atoms with Gasteiger partial charge in [0, 0.05) is 29.0 Å². The van der Waals surface area contributed by atoms with E-state index in [1.165, 1.54) is 0 Å². The lowest BCUT2D eigenvalue weighted by Crippen LogP contribution is -2.14. The van der Waals surface area contributed by atoms with E-state index < -0.39 is 6.29 Å². The predicted octanol–water partition coefficient (Wildman–Crippen LogP) is 5.23. The van der Waals surface area contributed by atoms with Crippen molar-refractivity contribution in [1.29, 1.82) is 0 Å². The van der Waals surface area contributed by atoms with Crippen LogP contribution in [0.2, 0.25) is 0 Å². The number of thiophene rings is 1. The number of methoxy groups -OCH3 is 1. The summed E-state index contributed by atoms with van der Waals surface area (Å²) in [5, 5.41) is 5.21. The molecule has 2 aromatic heterocycles. The number of nitrogens with zero attached hydrogens (tertiary/aromatic N) is 1. The van der Waals surface area contributed by atoms with Crippen molar-refractivity contribution in [2.24, 2.45) is 0 Å². The van der Waals surface area contributed by atoms with Gasteiger partial charge < -0.3 is 9.47 Å². The van der Waals surface area contributed by atoms with Crippen molar-refractivity contribution < 1.29 is 9.47 Å². The molecule has 0 radical (unpaired) electrons. The molecule has 1 aliphatic rings. The molecule has 22 heavy (non-hydrogen) atoms. The van der Waals surface area contributed by atoms with Crippen molar-refractivity contribution in [2.75, 3.05) is 7.11 Å². The summed E-state index contributed by atoms with van der Waals surface area (Å²) in [6, 6.07) is 12.3. The van der Waals surface area contributed by atoms with Crippen molar-refractivity contribution in [3.05, 3.63) is 64.0 Å². The Morgan fingerprint density at radius 3 is 2.91 bits per heavy atom. The monoisotopic (exact) mass is 421 g/mol. The van der Waals surface area contributed by atoms with Gasteiger partial charge in [-0.3, -0.25) is 0 Å². The van der Waals surface area contributed by atoms with E-state index in [0.717, 1.165) is 37.1 Å². The molecule has 0 spiro atoms. The molecule has 3 aromatic rings. The molecule has 3 heterocycles. The molecule has 1 unspecified atom stereocenters. The smallest absolute Gasteiger partial charge is 0.228 e. The SMILES string of the molecule is COC1OC(c2ccsc2)=C(I)c2nc3ccccc3cc21. The van der Waals surface area contributed by atoms with Gasteiger partial charge >= 0.3 is 0 Å². The van der Waals surface area contributed by atoms with Crippen LogP contribution in [0.15, 0.2) is 47.2 Å². The Bertz CT molecular complexity index is 874. The standard InChI is InChI=1S/C17H12INO2S/c1-20-17-12-8-10-4-2-3-5-13(10)19-15(12)14(18)16(21-17)11-6-7-22-9-11/h2-9,17H,1H3. The lowest BCUT2D eigenvalue weighted by atomic mass is 10.0. The number of para-hydroxylation sites is 1. The molecule has 5 heteroatoms. The Kier molecular flexibility index (Phi) is 3.63. The van der Waals surface area contributed by atoms with Gasteiger partial charge in [-0.15, -0.1) is 0 Å². The Labute approximate surface area is 145 Å². The molecule has 110 valence electrons. The second-order valence-electron chi connectivity index (χ2n) is 4.96. The number of pyridine rings is 1. The van der Waals surface area contributed by atoms with Crippen LogP contribution >= 0.6 is 33.9 Å². The van der Waals surface area contributed by atoms with Crippen molar-refractivity contribution in [3.63, 3.8) is 0 Å². The molecule has 0 saturated heterocycles. The molecular formula is C17H12INO2S. The number of hydrogen-bond donors (Lipinski definition) is 0. The third-order valence-electron chi connectivity index (χ3n) is 3.64. The van der Waals surface area contributed by atoms with Crippen molar-refractivity contribution >= 4 is 54.2 Å². The van der Waals surface area contributed by atoms with Crippen LogP contribution in [0.25, 0.3) is 20.2 Å². The van der Waals surface area contributed by atoms with E-state index in [0.29, 0.717) is 0 Å². The Balaban J connectivity index is 1.98. The Hall–Kier alpha value is -1.44. The summed E-state index contributed by atoms with van der Waals surface area (Å²) in [5.41, 5.74) is 3.97. The van der Waals surface area contributed by atoms with Crippen molar-refractivity contribution in [3.8, 4) is 0 Å². The number of halogens is 1. The summed E-state index contributed by atoms with van der Waals surface area (Å²) in [7, 11) is 1.66. The average molecular weight is 421 g/mol. The number of fused-ring (bicyclic) bond motifs is 2. The zero-order chi connectivity index (χ0) is 15.1. The zero-order valence-electron chi connectivity index (χ0n) is 11.7. The number of aromatic nitrogens is 1. The largest absolute Gasteiger partial charge is 0.459 e. The summed E-state index contributed by atoms with van der Waals surface area (Å²) in [4.78, 5) is 4.83. The first-order chi connectivity index (χ1) is 10.8. The third kappa shape index (κ3) is 2.24. The van der Waals surface area contributed by atoms with E-state index in [9.17, 15) is 0 Å². The van der Waals surface area contributed by atoms with Crippen LogP contribution in [0.4, 0.5) is 0 Å². The minimum atomic E-state index is -0.430. The van der Waals surface area contributed by atoms with Gasteiger partial charge in [-0.2, -0.15) is 11.3 Å². The molecule has 3 nitrogen and oxygen atoms in total. The maximum Gasteiger partial charge on any atom is 0.228 e. The van der Waals surface area contributed by atoms with E-state index >= 15 is 0 Å². The minimum Gasteiger partial charge on any atom is -0.459 e. The Morgan fingerprint density at radius 2 is 2.14 bits per heavy atom. The molecule has 0 aliphatic carbocycles. The van der Waals surface area contributed by atoms with Gasteiger partial charge in [0.25, 0.3) is 0 Å². The van der Waals surface area contributed by atoms with Crippen LogP contribution in [0.3, 0.4) is 0 Å². The topological polar surface area (TPSA) is 31.4 Å². The third-order valence-corrected chi connectivity index (χ3v) is 5.32. The molecule has 4 rings (SSSR count). The number of rotatable bonds is 2. The zero-order valence-corrected chi connectivity index (χ0v) is 14.7. The van der Waals surface area contributed by atoms with Gasteiger partial charge in [0.1, 0.15) is 5.76 Å². The molecule has 0 bridgehead atoms. The summed E-state index contributed by atoms with van der Waals surface area (Å²) < 4.78 is 12.6. The maximum atomic E-state index is 6.08. The summed E-state index contributed by atoms with van der Waals surface area (Å²) in [5.74, 6) is 0.837. The summed E-state index contributed by atoms with van der Waals surface area (Å²) in [6.07, 6.45) is -0.430. The predicted molar refractivity (Wildman–Crippen MR) is 97.7 cm³/mol. The van der Waals surface area contributed by atoms with Crippen LogP contribution in [0.5, 0.6) is 0 Å². The molecule has 0 fully saturated rings. The van der Waals surface area contributed by atoms with Crippen molar-refractivity contribution in [2.45, 2.75) is 6.29 Å². The van der Waals surface area contributed by atoms with Crippen LogP contribution < -0.4 is 0 Å². The highest BCUT2D eigenvalue weighted by atomic mass is 127. The number of hydrogen-bond acceptors (Lipinski definition) is 4. The summed E-state index contributed by atoms with van der Waals surface area (Å²) >= 11 is 3.96. The second-order valence-corrected chi connectivity index (χ2v) is 6.82. The Morgan fingerprint density at radius 1 is 1.27 bits per heavy atom. The van der Waals surface area contributed by atoms with Gasteiger partial charge in [0.05, 0.1) is 14.8 Å². The fourth-order valence-corrected chi connectivity index (χ4v) is 4.09. The first-order valence-electron chi connectivity index (χ1n) is 6.80. The lowest BCUT2D eigenvalue weighted by Gasteiger charge is -2.27. The molecular weight excluding hydrogens is 409 g/mol. The van der Waals surface area contributed by atoms with Crippen LogP contribution in [0, 0.1) is 0 Å². The summed E-state index contributed by atoms with van der Waals surface area (Å²) in [6.45, 7) is 0. The van der Waals surface area contributed by atoms with Crippen LogP contribution in [-0.4, -0.2) is 12.1 Å². The number of ether oxygens (including phenoxy) is 2. The highest BCUT2D eigenvalue weighted by molar-refractivity contribution is 14.1. The highest BCUT2D eigenvalue weighted by Gasteiger charge is 2.29. The quantitative estimate of drug-likeness (QED) is 0.531. The molecule has 1 aromatic carbocycles. The van der Waals surface area contributed by atoms with Gasteiger partial charge in [0.15, 0.2) is 0 Å². The fourth-order valence-electron chi connectivity index (χ4n) is 2.58. The van der Waals surface area contributed by atoms with Crippen molar-refractivity contribution in [1.82, 2.24) is 4.98 Å². The van der Waals surface area contributed by atoms with E-state index in [4.69, 9.17) is 14.5 Å². The van der Waals surface area contributed by atoms with Gasteiger partial charge in [0.2, 0.25) is 6.29 Å². The fraction of sp³-hybridized carbons (Fsp3) is 0.118. The first-order valence-corrected chi connectivity index (χ1v) is 8.82. The van der Waals surface area contributed by atoms with E-state index in [1.807, 2.05) is 23.6 Å². The normalized spacial score (nSPS) is 17.5. The minimum absolute atomic E-state index is 0.430. The van der Waals surface area contributed by atoms with Crippen LogP contribution in [0.1, 0.15) is 23.1 Å².